The van der Waals surface area contributed by atoms with Gasteiger partial charge < -0.3 is 15.2 Å². The number of hydrogen-bond donors (Lipinski definition) is 2. The molecule has 0 aliphatic heterocycles. The summed E-state index contributed by atoms with van der Waals surface area (Å²) in [6, 6.07) is 1.17. The summed E-state index contributed by atoms with van der Waals surface area (Å²) in [5.41, 5.74) is 0.436. The molecule has 0 saturated carbocycles. The molecule has 0 aliphatic carbocycles. The van der Waals surface area contributed by atoms with Crippen LogP contribution in [0.15, 0.2) is 12.3 Å². The van der Waals surface area contributed by atoms with Crippen LogP contribution >= 0.6 is 0 Å². The quantitative estimate of drug-likeness (QED) is 0.763. The molecule has 76 valence electrons. The zero-order valence-corrected chi connectivity index (χ0v) is 7.45. The molecule has 0 unspecified atom stereocenters. The van der Waals surface area contributed by atoms with E-state index in [2.05, 4.69) is 15.0 Å². The van der Waals surface area contributed by atoms with Gasteiger partial charge in [0, 0.05) is 12.7 Å². The highest BCUT2D eigenvalue weighted by Gasteiger charge is 2.05. The average molecular weight is 200 g/mol. The highest BCUT2D eigenvalue weighted by atomic mass is 19.1. The van der Waals surface area contributed by atoms with Crippen molar-refractivity contribution in [2.24, 2.45) is 0 Å². The van der Waals surface area contributed by atoms with E-state index in [0.717, 1.165) is 0 Å². The van der Waals surface area contributed by atoms with Gasteiger partial charge in [-0.15, -0.1) is 0 Å². The lowest BCUT2D eigenvalue weighted by Gasteiger charge is -2.03. The van der Waals surface area contributed by atoms with Crippen LogP contribution in [0.25, 0.3) is 0 Å². The average Bonchev–Trinajstić information content (AvgIpc) is 2.15. The van der Waals surface area contributed by atoms with Gasteiger partial charge in [0.1, 0.15) is 0 Å². The molecule has 1 rings (SSSR count). The first-order chi connectivity index (χ1) is 6.63. The van der Waals surface area contributed by atoms with Crippen molar-refractivity contribution in [1.29, 1.82) is 0 Å². The van der Waals surface area contributed by atoms with Gasteiger partial charge in [-0.1, -0.05) is 0 Å². The second-order valence-electron chi connectivity index (χ2n) is 2.49. The first kappa shape index (κ1) is 10.2. The number of hydrogen-bond acceptors (Lipinski definition) is 3. The molecule has 1 amide bonds. The molecule has 0 aliphatic rings. The number of halogens is 1. The zero-order valence-electron chi connectivity index (χ0n) is 7.45. The van der Waals surface area contributed by atoms with E-state index in [4.69, 9.17) is 5.11 Å². The molecular formula is C8H9FN2O3. The molecule has 2 N–H and O–H groups in total. The monoisotopic (exact) mass is 200 g/mol. The van der Waals surface area contributed by atoms with Crippen LogP contribution in [-0.2, 0) is 6.54 Å². The molecule has 14 heavy (non-hydrogen) atoms. The van der Waals surface area contributed by atoms with Gasteiger partial charge in [0.25, 0.3) is 0 Å². The van der Waals surface area contributed by atoms with Gasteiger partial charge in [-0.05, 0) is 11.6 Å². The maximum atomic E-state index is 13.0. The molecule has 0 spiro atoms. The van der Waals surface area contributed by atoms with Crippen LogP contribution in [0.1, 0.15) is 5.56 Å². The molecule has 1 aromatic heterocycles. The lowest BCUT2D eigenvalue weighted by Crippen LogP contribution is -2.20. The Morgan fingerprint density at radius 2 is 2.50 bits per heavy atom. The van der Waals surface area contributed by atoms with Gasteiger partial charge >= 0.3 is 6.09 Å². The molecule has 5 nitrogen and oxygen atoms in total. The number of carboxylic acid groups (broad SMARTS) is 1. The van der Waals surface area contributed by atoms with Crippen LogP contribution in [0.3, 0.4) is 0 Å². The summed E-state index contributed by atoms with van der Waals surface area (Å²) in [4.78, 5) is 13.8. The third-order valence-electron chi connectivity index (χ3n) is 1.50. The van der Waals surface area contributed by atoms with Crippen molar-refractivity contribution < 1.29 is 19.0 Å². The van der Waals surface area contributed by atoms with E-state index in [-0.39, 0.29) is 12.4 Å². The number of nitrogens with one attached hydrogen (secondary N) is 1. The summed E-state index contributed by atoms with van der Waals surface area (Å²) in [6.07, 6.45) is 0.180. The van der Waals surface area contributed by atoms with E-state index < -0.39 is 11.9 Å². The third kappa shape index (κ3) is 2.58. The summed E-state index contributed by atoms with van der Waals surface area (Å²) < 4.78 is 17.6. The number of carbonyl (C=O) groups is 1. The number of amides is 1. The second kappa shape index (κ2) is 4.40. The minimum absolute atomic E-state index is 0.0171. The minimum atomic E-state index is -1.17. The highest BCUT2D eigenvalue weighted by molar-refractivity contribution is 5.64. The topological polar surface area (TPSA) is 71.5 Å². The maximum absolute atomic E-state index is 13.0. The van der Waals surface area contributed by atoms with Crippen molar-refractivity contribution in [3.05, 3.63) is 23.6 Å². The summed E-state index contributed by atoms with van der Waals surface area (Å²) in [7, 11) is 1.31. The predicted molar refractivity (Wildman–Crippen MR) is 45.6 cm³/mol. The Bertz CT molecular complexity index is 343. The standard InChI is InChI=1S/C8H9FN2O3/c1-14-7-6(9)2-5(3-10-7)4-11-8(12)13/h2-3,11H,4H2,1H3,(H,12,13). The van der Waals surface area contributed by atoms with Crippen LogP contribution in [-0.4, -0.2) is 23.3 Å². The first-order valence-corrected chi connectivity index (χ1v) is 3.78. The van der Waals surface area contributed by atoms with E-state index in [1.165, 1.54) is 19.4 Å². The minimum Gasteiger partial charge on any atom is -0.479 e. The third-order valence-corrected chi connectivity index (χ3v) is 1.50. The lowest BCUT2D eigenvalue weighted by atomic mass is 10.3. The van der Waals surface area contributed by atoms with E-state index in [9.17, 15) is 9.18 Å². The zero-order chi connectivity index (χ0) is 10.6. The van der Waals surface area contributed by atoms with Gasteiger partial charge in [-0.2, -0.15) is 0 Å². The molecular weight excluding hydrogens is 191 g/mol. The van der Waals surface area contributed by atoms with Crippen LogP contribution in [0.5, 0.6) is 5.88 Å². The van der Waals surface area contributed by atoms with Crippen LogP contribution < -0.4 is 10.1 Å². The summed E-state index contributed by atoms with van der Waals surface area (Å²) in [5.74, 6) is -0.721. The van der Waals surface area contributed by atoms with Gasteiger partial charge in [-0.3, -0.25) is 0 Å². The van der Waals surface area contributed by atoms with Crippen molar-refractivity contribution in [3.63, 3.8) is 0 Å². The number of nitrogens with zero attached hydrogens (tertiary/aromatic N) is 1. The fourth-order valence-corrected chi connectivity index (χ4v) is 0.890. The Kier molecular flexibility index (Phi) is 3.22. The first-order valence-electron chi connectivity index (χ1n) is 3.78. The molecule has 6 heteroatoms. The second-order valence-corrected chi connectivity index (χ2v) is 2.49. The number of pyridine rings is 1. The number of aromatic nitrogens is 1. The maximum Gasteiger partial charge on any atom is 0.404 e. The largest absolute Gasteiger partial charge is 0.479 e. The van der Waals surface area contributed by atoms with Crippen molar-refractivity contribution in [3.8, 4) is 5.88 Å². The van der Waals surface area contributed by atoms with Crippen molar-refractivity contribution in [2.75, 3.05) is 7.11 Å². The van der Waals surface area contributed by atoms with Gasteiger partial charge in [-0.25, -0.2) is 14.2 Å². The number of ether oxygens (including phenoxy) is 1. The predicted octanol–water partition coefficient (Wildman–Crippen LogP) is 0.997. The Hall–Kier alpha value is -1.85. The normalized spacial score (nSPS) is 9.57. The van der Waals surface area contributed by atoms with Gasteiger partial charge in [0.15, 0.2) is 5.82 Å². The molecule has 0 aromatic carbocycles. The van der Waals surface area contributed by atoms with Crippen LogP contribution in [0.4, 0.5) is 9.18 Å². The van der Waals surface area contributed by atoms with E-state index in [1.807, 2.05) is 0 Å². The lowest BCUT2D eigenvalue weighted by molar-refractivity contribution is 0.194. The van der Waals surface area contributed by atoms with Crippen molar-refractivity contribution >= 4 is 6.09 Å². The van der Waals surface area contributed by atoms with E-state index >= 15 is 0 Å². The fraction of sp³-hybridized carbons (Fsp3) is 0.250. The SMILES string of the molecule is COc1ncc(CNC(=O)O)cc1F. The molecule has 0 bridgehead atoms. The molecule has 0 atom stereocenters. The Labute approximate surface area is 79.5 Å². The summed E-state index contributed by atoms with van der Waals surface area (Å²) in [6.45, 7) is 0.0171. The van der Waals surface area contributed by atoms with E-state index in [1.54, 1.807) is 0 Å². The highest BCUT2D eigenvalue weighted by Crippen LogP contribution is 2.13. The van der Waals surface area contributed by atoms with Gasteiger partial charge in [0.2, 0.25) is 5.88 Å². The Morgan fingerprint density at radius 1 is 1.79 bits per heavy atom. The molecule has 0 radical (unpaired) electrons. The van der Waals surface area contributed by atoms with Gasteiger partial charge in [0.05, 0.1) is 7.11 Å². The molecule has 1 heterocycles. The van der Waals surface area contributed by atoms with Crippen molar-refractivity contribution in [1.82, 2.24) is 10.3 Å². The van der Waals surface area contributed by atoms with Crippen molar-refractivity contribution in [2.45, 2.75) is 6.54 Å². The summed E-state index contributed by atoms with van der Waals surface area (Å²) >= 11 is 0. The fourth-order valence-electron chi connectivity index (χ4n) is 0.890. The van der Waals surface area contributed by atoms with Crippen LogP contribution in [0.2, 0.25) is 0 Å². The summed E-state index contributed by atoms with van der Waals surface area (Å²) in [5, 5.41) is 10.4. The Morgan fingerprint density at radius 3 is 3.00 bits per heavy atom. The smallest absolute Gasteiger partial charge is 0.404 e. The number of rotatable bonds is 3. The van der Waals surface area contributed by atoms with E-state index in [0.29, 0.717) is 5.56 Å². The Balaban J connectivity index is 2.71. The molecule has 0 fully saturated rings. The van der Waals surface area contributed by atoms with Crippen LogP contribution in [0, 0.1) is 5.82 Å². The number of methoxy groups -OCH3 is 1. The molecule has 1 aromatic rings. The molecule has 0 saturated heterocycles.